The van der Waals surface area contributed by atoms with E-state index in [1.807, 2.05) is 30.5 Å². The molecule has 6 heteroatoms. The van der Waals surface area contributed by atoms with E-state index in [-0.39, 0.29) is 5.56 Å². The second-order valence-corrected chi connectivity index (χ2v) is 4.32. The first-order chi connectivity index (χ1) is 8.19. The van der Waals surface area contributed by atoms with E-state index < -0.39 is 0 Å². The van der Waals surface area contributed by atoms with Crippen LogP contribution in [0.15, 0.2) is 34.0 Å². The van der Waals surface area contributed by atoms with Crippen molar-refractivity contribution in [1.82, 2.24) is 15.2 Å². The van der Waals surface area contributed by atoms with Crippen molar-refractivity contribution in [2.24, 2.45) is 0 Å². The zero-order valence-electron chi connectivity index (χ0n) is 9.52. The summed E-state index contributed by atoms with van der Waals surface area (Å²) < 4.78 is 0. The Hall–Kier alpha value is -1.82. The van der Waals surface area contributed by atoms with Gasteiger partial charge in [-0.25, -0.2) is 0 Å². The lowest BCUT2D eigenvalue weighted by Gasteiger charge is -2.05. The molecule has 0 spiro atoms. The zero-order chi connectivity index (χ0) is 12.3. The average Bonchev–Trinajstić information content (AvgIpc) is 2.34. The van der Waals surface area contributed by atoms with Crippen LogP contribution in [0.1, 0.15) is 5.69 Å². The lowest BCUT2D eigenvalue weighted by Crippen LogP contribution is -2.15. The van der Waals surface area contributed by atoms with E-state index in [0.29, 0.717) is 11.6 Å². The van der Waals surface area contributed by atoms with Crippen LogP contribution in [0, 0.1) is 6.92 Å². The number of nitrogens with zero attached hydrogens (tertiary/aromatic N) is 2. The minimum Gasteiger partial charge on any atom is -0.324 e. The highest BCUT2D eigenvalue weighted by Crippen LogP contribution is 2.20. The Morgan fingerprint density at radius 1 is 1.35 bits per heavy atom. The molecule has 0 fully saturated rings. The van der Waals surface area contributed by atoms with Gasteiger partial charge in [-0.05, 0) is 31.4 Å². The van der Waals surface area contributed by atoms with Gasteiger partial charge in [-0.15, -0.1) is 22.0 Å². The number of thioether (sulfide) groups is 1. The molecule has 2 rings (SSSR count). The summed E-state index contributed by atoms with van der Waals surface area (Å²) in [7, 11) is 0. The van der Waals surface area contributed by atoms with E-state index in [2.05, 4.69) is 20.5 Å². The van der Waals surface area contributed by atoms with Crippen molar-refractivity contribution in [3.63, 3.8) is 0 Å². The van der Waals surface area contributed by atoms with Crippen LogP contribution in [-0.2, 0) is 0 Å². The number of hydrogen-bond acceptors (Lipinski definition) is 5. The molecule has 1 heterocycles. The third-order valence-electron chi connectivity index (χ3n) is 2.19. The molecule has 0 amide bonds. The fourth-order valence-electron chi connectivity index (χ4n) is 1.29. The van der Waals surface area contributed by atoms with Gasteiger partial charge in [0.05, 0.1) is 0 Å². The molecule has 0 radical (unpaired) electrons. The lowest BCUT2D eigenvalue weighted by molar-refractivity contribution is 0.908. The van der Waals surface area contributed by atoms with Crippen molar-refractivity contribution in [2.75, 3.05) is 11.6 Å². The Balaban J connectivity index is 2.25. The molecular formula is C11H12N4OS. The van der Waals surface area contributed by atoms with Gasteiger partial charge in [0.1, 0.15) is 5.69 Å². The third-order valence-corrected chi connectivity index (χ3v) is 2.92. The number of H-pyrrole nitrogens is 1. The van der Waals surface area contributed by atoms with Gasteiger partial charge in [0.15, 0.2) is 0 Å². The smallest absolute Gasteiger partial charge is 0.273 e. The largest absolute Gasteiger partial charge is 0.324 e. The highest BCUT2D eigenvalue weighted by atomic mass is 32.2. The van der Waals surface area contributed by atoms with E-state index >= 15 is 0 Å². The third kappa shape index (κ3) is 2.85. The topological polar surface area (TPSA) is 70.7 Å². The summed E-state index contributed by atoms with van der Waals surface area (Å²) >= 11 is 1.65. The highest BCUT2D eigenvalue weighted by Gasteiger charge is 2.01. The fraction of sp³-hybridized carbons (Fsp3) is 0.182. The van der Waals surface area contributed by atoms with E-state index in [9.17, 15) is 4.79 Å². The average molecular weight is 248 g/mol. The fourth-order valence-corrected chi connectivity index (χ4v) is 1.75. The first kappa shape index (κ1) is 11.7. The van der Waals surface area contributed by atoms with E-state index in [4.69, 9.17) is 0 Å². The quantitative estimate of drug-likeness (QED) is 0.812. The van der Waals surface area contributed by atoms with Crippen LogP contribution in [0.2, 0.25) is 0 Å². The summed E-state index contributed by atoms with van der Waals surface area (Å²) in [6, 6.07) is 7.83. The molecule has 17 heavy (non-hydrogen) atoms. The van der Waals surface area contributed by atoms with Gasteiger partial charge in [0.25, 0.3) is 5.56 Å². The van der Waals surface area contributed by atoms with Crippen molar-refractivity contribution in [3.05, 3.63) is 40.3 Å². The van der Waals surface area contributed by atoms with Crippen molar-refractivity contribution in [3.8, 4) is 0 Å². The Morgan fingerprint density at radius 3 is 2.88 bits per heavy atom. The number of hydrogen-bond donors (Lipinski definition) is 2. The predicted molar refractivity (Wildman–Crippen MR) is 68.9 cm³/mol. The standard InChI is InChI=1S/C11H12N4OS/c1-7-10(16)13-11(15-14-7)12-8-4-3-5-9(6-8)17-2/h3-6H,1-2H3,(H2,12,13,15,16). The van der Waals surface area contributed by atoms with Crippen molar-refractivity contribution < 1.29 is 0 Å². The number of benzene rings is 1. The lowest BCUT2D eigenvalue weighted by atomic mass is 10.3. The summed E-state index contributed by atoms with van der Waals surface area (Å²) in [5, 5.41) is 10.6. The van der Waals surface area contributed by atoms with Crippen LogP contribution < -0.4 is 10.9 Å². The molecule has 0 saturated carbocycles. The first-order valence-electron chi connectivity index (χ1n) is 5.04. The second kappa shape index (κ2) is 5.01. The van der Waals surface area contributed by atoms with Gasteiger partial charge < -0.3 is 5.32 Å². The van der Waals surface area contributed by atoms with Gasteiger partial charge >= 0.3 is 0 Å². The molecule has 2 aromatic rings. The summed E-state index contributed by atoms with van der Waals surface area (Å²) in [6.45, 7) is 1.62. The Bertz CT molecular complexity index is 582. The number of aryl methyl sites for hydroxylation is 1. The number of aromatic nitrogens is 3. The number of nitrogens with one attached hydrogen (secondary N) is 2. The zero-order valence-corrected chi connectivity index (χ0v) is 10.3. The van der Waals surface area contributed by atoms with E-state index in [1.165, 1.54) is 0 Å². The Labute approximate surface area is 103 Å². The van der Waals surface area contributed by atoms with E-state index in [1.54, 1.807) is 18.7 Å². The maximum Gasteiger partial charge on any atom is 0.273 e. The van der Waals surface area contributed by atoms with Gasteiger partial charge in [-0.1, -0.05) is 6.07 Å². The molecule has 0 saturated heterocycles. The van der Waals surface area contributed by atoms with Crippen LogP contribution in [-0.4, -0.2) is 21.4 Å². The monoisotopic (exact) mass is 248 g/mol. The van der Waals surface area contributed by atoms with Crippen LogP contribution in [0.4, 0.5) is 11.6 Å². The molecule has 0 aliphatic rings. The summed E-state index contributed by atoms with van der Waals surface area (Å²) in [5.41, 5.74) is 0.989. The second-order valence-electron chi connectivity index (χ2n) is 3.45. The molecule has 0 aliphatic carbocycles. The molecular weight excluding hydrogens is 236 g/mol. The molecule has 1 aromatic carbocycles. The molecule has 0 atom stereocenters. The highest BCUT2D eigenvalue weighted by molar-refractivity contribution is 7.98. The predicted octanol–water partition coefficient (Wildman–Crippen LogP) is 1.94. The van der Waals surface area contributed by atoms with Crippen LogP contribution in [0.25, 0.3) is 0 Å². The molecule has 0 unspecified atom stereocenters. The Kier molecular flexibility index (Phi) is 3.43. The van der Waals surface area contributed by atoms with Gasteiger partial charge in [-0.3, -0.25) is 9.78 Å². The van der Waals surface area contributed by atoms with E-state index in [0.717, 1.165) is 10.6 Å². The van der Waals surface area contributed by atoms with Crippen molar-refractivity contribution in [2.45, 2.75) is 11.8 Å². The molecule has 5 nitrogen and oxygen atoms in total. The number of aromatic amines is 1. The maximum atomic E-state index is 11.4. The molecule has 0 aliphatic heterocycles. The molecule has 0 bridgehead atoms. The summed E-state index contributed by atoms with van der Waals surface area (Å²) in [5.74, 6) is 0.346. The number of anilines is 2. The first-order valence-corrected chi connectivity index (χ1v) is 6.26. The summed E-state index contributed by atoms with van der Waals surface area (Å²) in [4.78, 5) is 15.1. The van der Waals surface area contributed by atoms with Crippen molar-refractivity contribution in [1.29, 1.82) is 0 Å². The minimum atomic E-state index is -0.233. The maximum absolute atomic E-state index is 11.4. The number of rotatable bonds is 3. The van der Waals surface area contributed by atoms with Gasteiger partial charge in [-0.2, -0.15) is 0 Å². The molecule has 1 aromatic heterocycles. The SMILES string of the molecule is CSc1cccc(Nc2nnc(C)c(=O)[nH]2)c1. The van der Waals surface area contributed by atoms with Crippen LogP contribution in [0.5, 0.6) is 0 Å². The van der Waals surface area contributed by atoms with Gasteiger partial charge in [0.2, 0.25) is 5.95 Å². The van der Waals surface area contributed by atoms with Crippen molar-refractivity contribution >= 4 is 23.4 Å². The minimum absolute atomic E-state index is 0.233. The van der Waals surface area contributed by atoms with Crippen LogP contribution in [0.3, 0.4) is 0 Å². The molecule has 88 valence electrons. The molecule has 2 N–H and O–H groups in total. The van der Waals surface area contributed by atoms with Gasteiger partial charge in [0, 0.05) is 10.6 Å². The normalized spacial score (nSPS) is 10.2. The Morgan fingerprint density at radius 2 is 2.18 bits per heavy atom. The van der Waals surface area contributed by atoms with Crippen LogP contribution >= 0.6 is 11.8 Å². The summed E-state index contributed by atoms with van der Waals surface area (Å²) in [6.07, 6.45) is 2.01.